The first kappa shape index (κ1) is 14.0. The van der Waals surface area contributed by atoms with Gasteiger partial charge < -0.3 is 10.6 Å². The number of benzene rings is 2. The average Bonchev–Trinajstić information content (AvgIpc) is 2.49. The first-order valence-electron chi connectivity index (χ1n) is 6.98. The number of carbonyl (C=O) groups excluding carboxylic acids is 1. The van der Waals surface area contributed by atoms with Crippen molar-refractivity contribution in [2.45, 2.75) is 19.9 Å². The predicted octanol–water partition coefficient (Wildman–Crippen LogP) is 3.43. The molecule has 0 unspecified atom stereocenters. The molecule has 0 atom stereocenters. The van der Waals surface area contributed by atoms with Gasteiger partial charge >= 0.3 is 0 Å². The summed E-state index contributed by atoms with van der Waals surface area (Å²) in [6, 6.07) is 11.4. The molecule has 108 valence electrons. The molecule has 0 fully saturated rings. The Morgan fingerprint density at radius 1 is 1.29 bits per heavy atom. The molecule has 1 aliphatic heterocycles. The van der Waals surface area contributed by atoms with E-state index < -0.39 is 0 Å². The second-order valence-electron chi connectivity index (χ2n) is 5.42. The van der Waals surface area contributed by atoms with Crippen LogP contribution in [0.2, 0.25) is 5.02 Å². The average molecular weight is 301 g/mol. The van der Waals surface area contributed by atoms with Gasteiger partial charge in [0.1, 0.15) is 0 Å². The molecular formula is C17H17ClN2O. The zero-order chi connectivity index (χ0) is 15.0. The highest BCUT2D eigenvalue weighted by molar-refractivity contribution is 6.31. The quantitative estimate of drug-likeness (QED) is 0.820. The van der Waals surface area contributed by atoms with E-state index in [0.717, 1.165) is 23.2 Å². The predicted molar refractivity (Wildman–Crippen MR) is 85.5 cm³/mol. The molecule has 0 aliphatic carbocycles. The number of nitrogens with zero attached hydrogens (tertiary/aromatic N) is 1. The van der Waals surface area contributed by atoms with E-state index in [1.165, 1.54) is 5.56 Å². The van der Waals surface area contributed by atoms with Crippen LogP contribution in [0.5, 0.6) is 0 Å². The zero-order valence-corrected chi connectivity index (χ0v) is 12.7. The van der Waals surface area contributed by atoms with Gasteiger partial charge in [0.2, 0.25) is 0 Å². The summed E-state index contributed by atoms with van der Waals surface area (Å²) < 4.78 is 0. The number of halogens is 1. The van der Waals surface area contributed by atoms with E-state index in [1.807, 2.05) is 30.0 Å². The summed E-state index contributed by atoms with van der Waals surface area (Å²) in [6.07, 6.45) is 0.839. The highest BCUT2D eigenvalue weighted by atomic mass is 35.5. The largest absolute Gasteiger partial charge is 0.398 e. The summed E-state index contributed by atoms with van der Waals surface area (Å²) in [5, 5.41) is 0.584. The van der Waals surface area contributed by atoms with Crippen LogP contribution in [0.1, 0.15) is 27.0 Å². The lowest BCUT2D eigenvalue weighted by Crippen LogP contribution is -2.36. The third-order valence-electron chi connectivity index (χ3n) is 4.03. The molecule has 0 saturated carbocycles. The fraction of sp³-hybridized carbons (Fsp3) is 0.235. The van der Waals surface area contributed by atoms with E-state index in [-0.39, 0.29) is 5.91 Å². The van der Waals surface area contributed by atoms with Crippen molar-refractivity contribution in [1.82, 2.24) is 4.90 Å². The van der Waals surface area contributed by atoms with Crippen LogP contribution in [0.4, 0.5) is 5.69 Å². The monoisotopic (exact) mass is 300 g/mol. The van der Waals surface area contributed by atoms with Crippen molar-refractivity contribution < 1.29 is 4.79 Å². The number of amides is 1. The van der Waals surface area contributed by atoms with Gasteiger partial charge in [-0.2, -0.15) is 0 Å². The molecule has 0 bridgehead atoms. The van der Waals surface area contributed by atoms with Crippen LogP contribution in [0.3, 0.4) is 0 Å². The van der Waals surface area contributed by atoms with E-state index in [9.17, 15) is 4.79 Å². The molecule has 1 heterocycles. The van der Waals surface area contributed by atoms with E-state index in [4.69, 9.17) is 17.3 Å². The third kappa shape index (κ3) is 2.61. The van der Waals surface area contributed by atoms with Crippen LogP contribution in [0.25, 0.3) is 0 Å². The number of rotatable bonds is 1. The Morgan fingerprint density at radius 3 is 2.90 bits per heavy atom. The summed E-state index contributed by atoms with van der Waals surface area (Å²) >= 11 is 6.02. The van der Waals surface area contributed by atoms with Gasteiger partial charge in [-0.3, -0.25) is 4.79 Å². The summed E-state index contributed by atoms with van der Waals surface area (Å²) in [6.45, 7) is 3.20. The molecule has 0 radical (unpaired) electrons. The Kier molecular flexibility index (Phi) is 3.60. The summed E-state index contributed by atoms with van der Waals surface area (Å²) in [7, 11) is 0. The molecular weight excluding hydrogens is 284 g/mol. The Hall–Kier alpha value is -2.00. The molecule has 1 amide bonds. The Bertz CT molecular complexity index is 712. The molecule has 1 aliphatic rings. The van der Waals surface area contributed by atoms with Crippen molar-refractivity contribution in [3.63, 3.8) is 0 Å². The number of fused-ring (bicyclic) bond motifs is 1. The van der Waals surface area contributed by atoms with Gasteiger partial charge in [-0.1, -0.05) is 29.8 Å². The summed E-state index contributed by atoms with van der Waals surface area (Å²) in [5.74, 6) is 0.0175. The Balaban J connectivity index is 1.91. The number of hydrogen-bond acceptors (Lipinski definition) is 2. The SMILES string of the molecule is Cc1ccc(Cl)cc1C(=O)N1CCc2cccc(N)c2C1. The number of nitrogens with two attached hydrogens (primary N) is 1. The number of nitrogen functional groups attached to an aromatic ring is 1. The maximum atomic E-state index is 12.7. The zero-order valence-electron chi connectivity index (χ0n) is 11.9. The van der Waals surface area contributed by atoms with Crippen LogP contribution in [-0.4, -0.2) is 17.4 Å². The van der Waals surface area contributed by atoms with Gasteiger partial charge in [-0.15, -0.1) is 0 Å². The van der Waals surface area contributed by atoms with Gasteiger partial charge in [0, 0.05) is 29.4 Å². The molecule has 4 heteroatoms. The van der Waals surface area contributed by atoms with Crippen molar-refractivity contribution in [2.24, 2.45) is 0 Å². The lowest BCUT2D eigenvalue weighted by molar-refractivity contribution is 0.0734. The third-order valence-corrected chi connectivity index (χ3v) is 4.26. The van der Waals surface area contributed by atoms with Gasteiger partial charge in [-0.25, -0.2) is 0 Å². The highest BCUT2D eigenvalue weighted by Gasteiger charge is 2.24. The molecule has 0 aromatic heterocycles. The van der Waals surface area contributed by atoms with Crippen LogP contribution < -0.4 is 5.73 Å². The van der Waals surface area contributed by atoms with Crippen molar-refractivity contribution in [3.8, 4) is 0 Å². The summed E-state index contributed by atoms with van der Waals surface area (Å²) in [4.78, 5) is 14.6. The molecule has 3 rings (SSSR count). The molecule has 0 saturated heterocycles. The minimum atomic E-state index is 0.0175. The fourth-order valence-electron chi connectivity index (χ4n) is 2.78. The molecule has 2 aromatic rings. The normalized spacial score (nSPS) is 13.9. The topological polar surface area (TPSA) is 46.3 Å². The van der Waals surface area contributed by atoms with E-state index in [2.05, 4.69) is 6.07 Å². The highest BCUT2D eigenvalue weighted by Crippen LogP contribution is 2.26. The Morgan fingerprint density at radius 2 is 2.10 bits per heavy atom. The second-order valence-corrected chi connectivity index (χ2v) is 5.86. The fourth-order valence-corrected chi connectivity index (χ4v) is 2.95. The lowest BCUT2D eigenvalue weighted by atomic mass is 9.97. The Labute approximate surface area is 129 Å². The molecule has 2 aromatic carbocycles. The number of carbonyl (C=O) groups is 1. The van der Waals surface area contributed by atoms with E-state index in [0.29, 0.717) is 23.7 Å². The van der Waals surface area contributed by atoms with Crippen LogP contribution in [0, 0.1) is 6.92 Å². The molecule has 2 N–H and O–H groups in total. The standard InChI is InChI=1S/C17H17ClN2O/c1-11-5-6-13(18)9-14(11)17(21)20-8-7-12-3-2-4-16(19)15(12)10-20/h2-6,9H,7-8,10,19H2,1H3. The minimum absolute atomic E-state index is 0.0175. The van der Waals surface area contributed by atoms with Gasteiger partial charge in [0.15, 0.2) is 0 Å². The number of hydrogen-bond donors (Lipinski definition) is 1. The van der Waals surface area contributed by atoms with Gasteiger partial charge in [-0.05, 0) is 48.2 Å². The molecule has 0 spiro atoms. The minimum Gasteiger partial charge on any atom is -0.398 e. The molecule has 3 nitrogen and oxygen atoms in total. The van der Waals surface area contributed by atoms with Crippen molar-refractivity contribution >= 4 is 23.2 Å². The number of anilines is 1. The van der Waals surface area contributed by atoms with Crippen molar-refractivity contribution in [3.05, 3.63) is 63.7 Å². The van der Waals surface area contributed by atoms with Crippen molar-refractivity contribution in [1.29, 1.82) is 0 Å². The van der Waals surface area contributed by atoms with Gasteiger partial charge in [0.25, 0.3) is 5.91 Å². The van der Waals surface area contributed by atoms with Crippen LogP contribution >= 0.6 is 11.6 Å². The van der Waals surface area contributed by atoms with E-state index >= 15 is 0 Å². The summed E-state index contributed by atoms with van der Waals surface area (Å²) in [5.41, 5.74) is 10.7. The smallest absolute Gasteiger partial charge is 0.254 e. The lowest BCUT2D eigenvalue weighted by Gasteiger charge is -2.30. The first-order chi connectivity index (χ1) is 10.1. The van der Waals surface area contributed by atoms with Crippen molar-refractivity contribution in [2.75, 3.05) is 12.3 Å². The second kappa shape index (κ2) is 5.41. The maximum Gasteiger partial charge on any atom is 0.254 e. The first-order valence-corrected chi connectivity index (χ1v) is 7.35. The van der Waals surface area contributed by atoms with Crippen LogP contribution in [-0.2, 0) is 13.0 Å². The molecule has 21 heavy (non-hydrogen) atoms. The maximum absolute atomic E-state index is 12.7. The van der Waals surface area contributed by atoms with E-state index in [1.54, 1.807) is 12.1 Å². The number of aryl methyl sites for hydroxylation is 1. The van der Waals surface area contributed by atoms with Crippen LogP contribution in [0.15, 0.2) is 36.4 Å². The van der Waals surface area contributed by atoms with Gasteiger partial charge in [0.05, 0.1) is 0 Å².